The summed E-state index contributed by atoms with van der Waals surface area (Å²) in [7, 11) is 0. The molecule has 6 nitrogen and oxygen atoms in total. The van der Waals surface area contributed by atoms with E-state index in [4.69, 9.17) is 9.47 Å². The quantitative estimate of drug-likeness (QED) is 0.670. The van der Waals surface area contributed by atoms with E-state index in [-0.39, 0.29) is 11.9 Å². The van der Waals surface area contributed by atoms with Crippen LogP contribution in [0.25, 0.3) is 0 Å². The Morgan fingerprint density at radius 1 is 1.14 bits per heavy atom. The molecule has 2 aromatic carbocycles. The minimum Gasteiger partial charge on any atom is -0.486 e. The zero-order valence-corrected chi connectivity index (χ0v) is 16.5. The average molecular weight is 391 g/mol. The van der Waals surface area contributed by atoms with Gasteiger partial charge >= 0.3 is 0 Å². The van der Waals surface area contributed by atoms with Crippen LogP contribution in [0.1, 0.15) is 29.4 Å². The topological polar surface area (TPSA) is 65.4 Å². The summed E-state index contributed by atoms with van der Waals surface area (Å²) in [4.78, 5) is 16.9. The van der Waals surface area contributed by atoms with Gasteiger partial charge in [0, 0.05) is 25.4 Å². The SMILES string of the molecule is Cc1nccn1CCC(=O)N[C@@H](Cc1ccccc1)c1ccc2c(c1)OCCO2. The lowest BCUT2D eigenvalue weighted by Gasteiger charge is -2.23. The maximum atomic E-state index is 12.7. The Hall–Kier alpha value is -3.28. The molecule has 0 unspecified atom stereocenters. The fourth-order valence-corrected chi connectivity index (χ4v) is 3.51. The number of rotatable bonds is 7. The summed E-state index contributed by atoms with van der Waals surface area (Å²) in [5.74, 6) is 2.40. The normalized spacial score (nSPS) is 13.7. The number of imidazole rings is 1. The van der Waals surface area contributed by atoms with Crippen molar-refractivity contribution in [2.45, 2.75) is 32.4 Å². The summed E-state index contributed by atoms with van der Waals surface area (Å²) in [6.45, 7) is 3.64. The number of aromatic nitrogens is 2. The number of nitrogens with one attached hydrogen (secondary N) is 1. The summed E-state index contributed by atoms with van der Waals surface area (Å²) in [5, 5.41) is 3.20. The lowest BCUT2D eigenvalue weighted by Crippen LogP contribution is -2.30. The third-order valence-corrected chi connectivity index (χ3v) is 5.09. The fraction of sp³-hybridized carbons (Fsp3) is 0.304. The van der Waals surface area contributed by atoms with E-state index in [1.54, 1.807) is 6.20 Å². The van der Waals surface area contributed by atoms with Gasteiger partial charge in [0.25, 0.3) is 0 Å². The smallest absolute Gasteiger partial charge is 0.222 e. The monoisotopic (exact) mass is 391 g/mol. The molecular weight excluding hydrogens is 366 g/mol. The average Bonchev–Trinajstić information content (AvgIpc) is 3.17. The van der Waals surface area contributed by atoms with Crippen molar-refractivity contribution in [3.05, 3.63) is 77.9 Å². The molecule has 150 valence electrons. The summed E-state index contributed by atoms with van der Waals surface area (Å²) in [6.07, 6.45) is 4.74. The molecule has 0 spiro atoms. The highest BCUT2D eigenvalue weighted by Gasteiger charge is 2.19. The van der Waals surface area contributed by atoms with E-state index in [0.29, 0.717) is 32.6 Å². The molecule has 0 fully saturated rings. The van der Waals surface area contributed by atoms with Gasteiger partial charge in [-0.25, -0.2) is 4.98 Å². The zero-order valence-electron chi connectivity index (χ0n) is 16.5. The van der Waals surface area contributed by atoms with Crippen LogP contribution in [0.15, 0.2) is 60.9 Å². The Morgan fingerprint density at radius 2 is 1.93 bits per heavy atom. The van der Waals surface area contributed by atoms with E-state index in [1.807, 2.05) is 54.1 Å². The van der Waals surface area contributed by atoms with Crippen molar-refractivity contribution in [1.29, 1.82) is 0 Å². The van der Waals surface area contributed by atoms with Gasteiger partial charge in [-0.1, -0.05) is 36.4 Å². The first-order chi connectivity index (χ1) is 14.2. The molecule has 3 aromatic rings. The van der Waals surface area contributed by atoms with Gasteiger partial charge in [-0.2, -0.15) is 0 Å². The lowest BCUT2D eigenvalue weighted by molar-refractivity contribution is -0.122. The molecule has 0 aliphatic carbocycles. The summed E-state index contributed by atoms with van der Waals surface area (Å²) in [6, 6.07) is 15.9. The minimum atomic E-state index is -0.149. The number of aryl methyl sites for hydroxylation is 2. The van der Waals surface area contributed by atoms with Crippen LogP contribution in [-0.2, 0) is 17.8 Å². The molecule has 6 heteroatoms. The molecule has 2 heterocycles. The van der Waals surface area contributed by atoms with E-state index in [1.165, 1.54) is 0 Å². The molecule has 4 rings (SSSR count). The molecule has 0 radical (unpaired) electrons. The second-order valence-electron chi connectivity index (χ2n) is 7.13. The number of fused-ring (bicyclic) bond motifs is 1. The highest BCUT2D eigenvalue weighted by atomic mass is 16.6. The Labute approximate surface area is 170 Å². The number of carbonyl (C=O) groups excluding carboxylic acids is 1. The van der Waals surface area contributed by atoms with E-state index in [2.05, 4.69) is 22.4 Å². The molecule has 1 aliphatic rings. The molecule has 0 bridgehead atoms. The maximum absolute atomic E-state index is 12.7. The summed E-state index contributed by atoms with van der Waals surface area (Å²) in [5.41, 5.74) is 2.17. The van der Waals surface area contributed by atoms with Crippen molar-refractivity contribution >= 4 is 5.91 Å². The van der Waals surface area contributed by atoms with Gasteiger partial charge in [-0.05, 0) is 36.6 Å². The standard InChI is InChI=1S/C23H25N3O3/c1-17-24-10-12-26(17)11-9-23(27)25-20(15-18-5-3-2-4-6-18)19-7-8-21-22(16-19)29-14-13-28-21/h2-8,10,12,16,20H,9,11,13-15H2,1H3,(H,25,27)/t20-/m0/s1. The Bertz CT molecular complexity index is 969. The molecule has 29 heavy (non-hydrogen) atoms. The predicted octanol–water partition coefficient (Wildman–Crippen LogP) is 3.45. The maximum Gasteiger partial charge on any atom is 0.222 e. The number of amides is 1. The third-order valence-electron chi connectivity index (χ3n) is 5.09. The van der Waals surface area contributed by atoms with Crippen molar-refractivity contribution in [2.75, 3.05) is 13.2 Å². The van der Waals surface area contributed by atoms with Crippen LogP contribution in [0.3, 0.4) is 0 Å². The van der Waals surface area contributed by atoms with Gasteiger partial charge < -0.3 is 19.4 Å². The molecule has 1 N–H and O–H groups in total. The van der Waals surface area contributed by atoms with E-state index in [9.17, 15) is 4.79 Å². The van der Waals surface area contributed by atoms with Gasteiger partial charge in [0.1, 0.15) is 19.0 Å². The zero-order chi connectivity index (χ0) is 20.1. The molecule has 0 saturated carbocycles. The van der Waals surface area contributed by atoms with Gasteiger partial charge in [0.05, 0.1) is 6.04 Å². The first-order valence-corrected chi connectivity index (χ1v) is 9.89. The number of carbonyl (C=O) groups is 1. The van der Waals surface area contributed by atoms with Crippen molar-refractivity contribution in [2.24, 2.45) is 0 Å². The van der Waals surface area contributed by atoms with Crippen molar-refractivity contribution in [3.63, 3.8) is 0 Å². The van der Waals surface area contributed by atoms with Gasteiger partial charge in [-0.15, -0.1) is 0 Å². The van der Waals surface area contributed by atoms with Crippen LogP contribution in [0, 0.1) is 6.92 Å². The largest absolute Gasteiger partial charge is 0.486 e. The Kier molecular flexibility index (Phi) is 5.79. The molecule has 1 amide bonds. The number of hydrogen-bond donors (Lipinski definition) is 1. The van der Waals surface area contributed by atoms with E-state index < -0.39 is 0 Å². The van der Waals surface area contributed by atoms with Crippen LogP contribution < -0.4 is 14.8 Å². The number of nitrogens with zero attached hydrogens (tertiary/aromatic N) is 2. The van der Waals surface area contributed by atoms with E-state index in [0.717, 1.165) is 28.5 Å². The van der Waals surface area contributed by atoms with Crippen molar-refractivity contribution < 1.29 is 14.3 Å². The number of benzene rings is 2. The van der Waals surface area contributed by atoms with Gasteiger partial charge in [0.2, 0.25) is 5.91 Å². The number of ether oxygens (including phenoxy) is 2. The first kappa shape index (κ1) is 19.1. The highest BCUT2D eigenvalue weighted by Crippen LogP contribution is 2.33. The van der Waals surface area contributed by atoms with Gasteiger partial charge in [-0.3, -0.25) is 4.79 Å². The Morgan fingerprint density at radius 3 is 2.69 bits per heavy atom. The Balaban J connectivity index is 1.50. The van der Waals surface area contributed by atoms with Crippen LogP contribution in [0.2, 0.25) is 0 Å². The minimum absolute atomic E-state index is 0.00826. The molecule has 1 atom stereocenters. The molecular formula is C23H25N3O3. The molecule has 0 saturated heterocycles. The highest BCUT2D eigenvalue weighted by molar-refractivity contribution is 5.76. The fourth-order valence-electron chi connectivity index (χ4n) is 3.51. The van der Waals surface area contributed by atoms with Crippen molar-refractivity contribution in [1.82, 2.24) is 14.9 Å². The second kappa shape index (κ2) is 8.82. The van der Waals surface area contributed by atoms with Crippen LogP contribution in [0.5, 0.6) is 11.5 Å². The second-order valence-corrected chi connectivity index (χ2v) is 7.13. The van der Waals surface area contributed by atoms with Crippen LogP contribution in [-0.4, -0.2) is 28.7 Å². The van der Waals surface area contributed by atoms with Gasteiger partial charge in [0.15, 0.2) is 11.5 Å². The van der Waals surface area contributed by atoms with Crippen LogP contribution >= 0.6 is 0 Å². The third kappa shape index (κ3) is 4.77. The van der Waals surface area contributed by atoms with Crippen LogP contribution in [0.4, 0.5) is 0 Å². The number of hydrogen-bond acceptors (Lipinski definition) is 4. The van der Waals surface area contributed by atoms with E-state index >= 15 is 0 Å². The first-order valence-electron chi connectivity index (χ1n) is 9.89. The van der Waals surface area contributed by atoms with Crippen molar-refractivity contribution in [3.8, 4) is 11.5 Å². The summed E-state index contributed by atoms with van der Waals surface area (Å²) < 4.78 is 13.3. The summed E-state index contributed by atoms with van der Waals surface area (Å²) >= 11 is 0. The predicted molar refractivity (Wildman–Crippen MR) is 110 cm³/mol. The molecule has 1 aromatic heterocycles. The molecule has 1 aliphatic heterocycles. The lowest BCUT2D eigenvalue weighted by atomic mass is 9.98.